The first-order valence-corrected chi connectivity index (χ1v) is 13.8. The van der Waals surface area contributed by atoms with Gasteiger partial charge in [-0.05, 0) is 87.1 Å². The van der Waals surface area contributed by atoms with E-state index in [1.807, 2.05) is 36.6 Å². The smallest absolute Gasteiger partial charge is 0.244 e. The molecule has 0 amide bonds. The highest BCUT2D eigenvalue weighted by Gasteiger charge is 2.42. The summed E-state index contributed by atoms with van der Waals surface area (Å²) in [6, 6.07) is 6.55. The molecule has 4 nitrogen and oxygen atoms in total. The Morgan fingerprint density at radius 3 is 2.74 bits per heavy atom. The largest absolute Gasteiger partial charge is 0.319 e. The topological polar surface area (TPSA) is 26.0 Å². The average Bonchev–Trinajstić information content (AvgIpc) is 3.59. The Kier molecular flexibility index (Phi) is 6.52. The zero-order chi connectivity index (χ0) is 27.1. The maximum atomic E-state index is 15.3. The minimum Gasteiger partial charge on any atom is -0.319 e. The Balaban J connectivity index is 1.74. The first-order chi connectivity index (χ1) is 19.1. The van der Waals surface area contributed by atoms with Gasteiger partial charge in [-0.25, -0.2) is 0 Å². The van der Waals surface area contributed by atoms with Crippen molar-refractivity contribution in [2.75, 3.05) is 4.90 Å². The predicted molar refractivity (Wildman–Crippen MR) is 163 cm³/mol. The fourth-order valence-corrected chi connectivity index (χ4v) is 6.37. The van der Waals surface area contributed by atoms with Crippen molar-refractivity contribution in [1.82, 2.24) is 14.6 Å². The minimum atomic E-state index is -0.0426. The van der Waals surface area contributed by atoms with Crippen LogP contribution in [0.15, 0.2) is 89.9 Å². The molecule has 6 rings (SSSR count). The molecule has 0 bridgehead atoms. The van der Waals surface area contributed by atoms with Gasteiger partial charge >= 0.3 is 0 Å². The second-order valence-corrected chi connectivity index (χ2v) is 10.3. The number of nitrogens with zero attached hydrogens (tertiary/aromatic N) is 4. The standard InChI is InChI=1S/C33H32BFN4/c1-5-7-17-25(14-6-2)38-32-27-20-13-21-29-30(27)34(31(32)28-22-36-39(35)33(28)38)23(3)15-11-12-16-24(4)37(29)26-18-9-8-10-19-26/h5,7,11-13,15-18,20-22H,8-10,19H2,1-4H3/b7-5-,12-11-,23-15+,24-16+,25-17+. The van der Waals surface area contributed by atoms with Crippen molar-refractivity contribution < 1.29 is 4.48 Å². The van der Waals surface area contributed by atoms with E-state index in [-0.39, 0.29) is 6.71 Å². The van der Waals surface area contributed by atoms with Crippen molar-refractivity contribution in [3.63, 3.8) is 0 Å². The highest BCUT2D eigenvalue weighted by atomic mass is 19.2. The Morgan fingerprint density at radius 2 is 1.97 bits per heavy atom. The number of rotatable bonds is 3. The minimum absolute atomic E-state index is 0.0426. The number of halogens is 1. The molecule has 2 aliphatic heterocycles. The SMILES string of the molecule is CC#C/C(=C\C=C/C)n1c2c(c3cnn(F)c31)B1/C(C)=C/C=C\C=C(/C)N(C3=CCCCC3)c3cccc-2c31. The molecule has 0 fully saturated rings. The monoisotopic (exact) mass is 514 g/mol. The third-order valence-electron chi connectivity index (χ3n) is 7.95. The van der Waals surface area contributed by atoms with Gasteiger partial charge in [0.1, 0.15) is 0 Å². The molecule has 39 heavy (non-hydrogen) atoms. The molecule has 0 spiro atoms. The highest BCUT2D eigenvalue weighted by molar-refractivity contribution is 6.97. The van der Waals surface area contributed by atoms with Crippen LogP contribution in [0.5, 0.6) is 0 Å². The number of aromatic nitrogens is 3. The molecular formula is C33H32BFN4. The normalized spacial score (nSPS) is 20.5. The van der Waals surface area contributed by atoms with Gasteiger partial charge in [0.05, 0.1) is 17.6 Å². The quantitative estimate of drug-likeness (QED) is 0.218. The van der Waals surface area contributed by atoms with E-state index in [0.29, 0.717) is 16.2 Å². The Labute approximate surface area is 230 Å². The summed E-state index contributed by atoms with van der Waals surface area (Å²) in [6.07, 6.45) is 23.1. The van der Waals surface area contributed by atoms with Crippen LogP contribution >= 0.6 is 0 Å². The van der Waals surface area contributed by atoms with Crippen molar-refractivity contribution in [2.24, 2.45) is 0 Å². The van der Waals surface area contributed by atoms with Gasteiger partial charge in [-0.2, -0.15) is 0 Å². The van der Waals surface area contributed by atoms with E-state index in [0.717, 1.165) is 34.9 Å². The third kappa shape index (κ3) is 3.96. The van der Waals surface area contributed by atoms with Gasteiger partial charge in [-0.15, -0.1) is 5.10 Å². The Morgan fingerprint density at radius 1 is 1.13 bits per heavy atom. The summed E-state index contributed by atoms with van der Waals surface area (Å²) in [7, 11) is 0. The third-order valence-corrected chi connectivity index (χ3v) is 7.95. The van der Waals surface area contributed by atoms with Crippen LogP contribution in [0.3, 0.4) is 0 Å². The molecule has 0 radical (unpaired) electrons. The van der Waals surface area contributed by atoms with Crippen molar-refractivity contribution in [3.05, 3.63) is 89.9 Å². The molecule has 0 saturated carbocycles. The number of benzene rings is 1. The second-order valence-electron chi connectivity index (χ2n) is 10.3. The molecule has 0 unspecified atom stereocenters. The van der Waals surface area contributed by atoms with Crippen LogP contribution < -0.4 is 15.8 Å². The van der Waals surface area contributed by atoms with Crippen molar-refractivity contribution in [1.29, 1.82) is 0 Å². The second kappa shape index (κ2) is 10.1. The van der Waals surface area contributed by atoms with E-state index in [9.17, 15) is 0 Å². The molecule has 6 heteroatoms. The van der Waals surface area contributed by atoms with E-state index >= 15 is 4.48 Å². The summed E-state index contributed by atoms with van der Waals surface area (Å²) >= 11 is 0. The fraction of sp³-hybridized carbons (Fsp3) is 0.242. The van der Waals surface area contributed by atoms with Gasteiger partial charge in [0.25, 0.3) is 0 Å². The zero-order valence-corrected chi connectivity index (χ0v) is 23.0. The molecule has 1 aromatic carbocycles. The van der Waals surface area contributed by atoms with E-state index in [4.69, 9.17) is 0 Å². The maximum absolute atomic E-state index is 15.3. The Bertz CT molecular complexity index is 1730. The van der Waals surface area contributed by atoms with Gasteiger partial charge in [-0.1, -0.05) is 76.3 Å². The van der Waals surface area contributed by atoms with Crippen LogP contribution in [0, 0.1) is 11.8 Å². The molecular weight excluding hydrogens is 482 g/mol. The summed E-state index contributed by atoms with van der Waals surface area (Å²) in [5.41, 5.74) is 10.5. The molecule has 0 N–H and O–H groups in total. The summed E-state index contributed by atoms with van der Waals surface area (Å²) in [6.45, 7) is 8.10. The van der Waals surface area contributed by atoms with Crippen molar-refractivity contribution >= 4 is 40.1 Å². The average molecular weight is 514 g/mol. The lowest BCUT2D eigenvalue weighted by Crippen LogP contribution is -2.42. The van der Waals surface area contributed by atoms with E-state index in [1.54, 1.807) is 6.20 Å². The number of allylic oxidation sites excluding steroid dienone is 12. The molecule has 1 aliphatic carbocycles. The van der Waals surface area contributed by atoms with Crippen LogP contribution in [0.1, 0.15) is 53.4 Å². The first-order valence-electron chi connectivity index (χ1n) is 13.8. The summed E-state index contributed by atoms with van der Waals surface area (Å²) in [4.78, 5) is 2.94. The van der Waals surface area contributed by atoms with Gasteiger partial charge in [-0.3, -0.25) is 4.57 Å². The molecule has 0 saturated heterocycles. The first kappa shape index (κ1) is 25.1. The molecule has 194 valence electrons. The van der Waals surface area contributed by atoms with Crippen LogP contribution in [-0.2, 0) is 0 Å². The van der Waals surface area contributed by atoms with E-state index < -0.39 is 0 Å². The maximum Gasteiger partial charge on any atom is 0.244 e. The molecule has 3 aliphatic rings. The highest BCUT2D eigenvalue weighted by Crippen LogP contribution is 2.39. The van der Waals surface area contributed by atoms with Crippen LogP contribution in [0.4, 0.5) is 10.2 Å². The van der Waals surface area contributed by atoms with Crippen LogP contribution in [0.2, 0.25) is 0 Å². The molecule has 2 aromatic heterocycles. The van der Waals surface area contributed by atoms with Gasteiger partial charge in [0.2, 0.25) is 6.71 Å². The lowest BCUT2D eigenvalue weighted by Gasteiger charge is -2.33. The summed E-state index contributed by atoms with van der Waals surface area (Å²) in [5, 5.41) is 4.88. The van der Waals surface area contributed by atoms with Crippen molar-refractivity contribution in [3.8, 4) is 23.1 Å². The number of hydrogen-bond acceptors (Lipinski definition) is 2. The zero-order valence-electron chi connectivity index (χ0n) is 23.0. The van der Waals surface area contributed by atoms with Gasteiger partial charge in [0, 0.05) is 22.5 Å². The number of fused-ring (bicyclic) bond motifs is 5. The van der Waals surface area contributed by atoms with E-state index in [1.165, 1.54) is 40.9 Å². The molecule has 3 aromatic rings. The van der Waals surface area contributed by atoms with Crippen molar-refractivity contribution in [2.45, 2.75) is 53.4 Å². The van der Waals surface area contributed by atoms with E-state index in [2.05, 4.69) is 84.3 Å². The van der Waals surface area contributed by atoms with Crippen LogP contribution in [0.25, 0.3) is 28.0 Å². The van der Waals surface area contributed by atoms with Gasteiger partial charge < -0.3 is 4.90 Å². The van der Waals surface area contributed by atoms with Gasteiger partial charge in [0.15, 0.2) is 5.65 Å². The molecule has 4 heterocycles. The summed E-state index contributed by atoms with van der Waals surface area (Å²) < 4.78 is 17.3. The number of hydrogen-bond donors (Lipinski definition) is 0. The lowest BCUT2D eigenvalue weighted by molar-refractivity contribution is 0.328. The number of anilines is 1. The predicted octanol–water partition coefficient (Wildman–Crippen LogP) is 6.82. The fourth-order valence-electron chi connectivity index (χ4n) is 6.37. The summed E-state index contributed by atoms with van der Waals surface area (Å²) in [5.74, 6) is 6.27. The Hall–Kier alpha value is -4.24. The van der Waals surface area contributed by atoms with Crippen LogP contribution in [-0.4, -0.2) is 21.3 Å². The lowest BCUT2D eigenvalue weighted by atomic mass is 9.38. The molecule has 0 atom stereocenters.